The molecule has 22 heavy (non-hydrogen) atoms. The van der Waals surface area contributed by atoms with E-state index in [1.54, 1.807) is 0 Å². The van der Waals surface area contributed by atoms with Gasteiger partial charge < -0.3 is 9.64 Å². The van der Waals surface area contributed by atoms with Gasteiger partial charge in [0.15, 0.2) is 0 Å². The maximum atomic E-state index is 6.07. The van der Waals surface area contributed by atoms with Crippen molar-refractivity contribution >= 4 is 5.69 Å². The Hall–Kier alpha value is -1.02. The van der Waals surface area contributed by atoms with Crippen molar-refractivity contribution in [2.75, 3.05) is 24.6 Å². The van der Waals surface area contributed by atoms with Gasteiger partial charge in [0.1, 0.15) is 0 Å². The summed E-state index contributed by atoms with van der Waals surface area (Å²) in [5.74, 6) is 0. The third-order valence-corrected chi connectivity index (χ3v) is 5.16. The first-order chi connectivity index (χ1) is 10.7. The van der Waals surface area contributed by atoms with Crippen LogP contribution in [0.2, 0.25) is 0 Å². The van der Waals surface area contributed by atoms with Crippen LogP contribution in [0.5, 0.6) is 0 Å². The van der Waals surface area contributed by atoms with Crippen LogP contribution in [0, 0.1) is 0 Å². The minimum Gasteiger partial charge on any atom is -0.371 e. The molecule has 0 saturated carbocycles. The lowest BCUT2D eigenvalue weighted by Crippen LogP contribution is -2.51. The highest BCUT2D eigenvalue weighted by atomic mass is 16.5. The van der Waals surface area contributed by atoms with Crippen LogP contribution in [0.4, 0.5) is 5.69 Å². The summed E-state index contributed by atoms with van der Waals surface area (Å²) in [5.41, 5.74) is 2.88. The van der Waals surface area contributed by atoms with E-state index in [2.05, 4.69) is 49.9 Å². The molecule has 0 unspecified atom stereocenters. The maximum absolute atomic E-state index is 6.07. The molecule has 1 saturated heterocycles. The van der Waals surface area contributed by atoms with Crippen molar-refractivity contribution in [3.63, 3.8) is 0 Å². The molecule has 0 amide bonds. The average Bonchev–Trinajstić information content (AvgIpc) is 2.59. The monoisotopic (exact) mass is 303 g/mol. The first-order valence-electron chi connectivity index (χ1n) is 9.21. The Balaban J connectivity index is 1.92. The molecule has 0 aliphatic carbocycles. The summed E-state index contributed by atoms with van der Waals surface area (Å²) in [6.07, 6.45) is 8.76. The van der Waals surface area contributed by atoms with E-state index in [1.807, 2.05) is 0 Å². The molecule has 0 bridgehead atoms. The highest BCUT2D eigenvalue weighted by Crippen LogP contribution is 2.29. The predicted octanol–water partition coefficient (Wildman–Crippen LogP) is 5.20. The topological polar surface area (TPSA) is 12.5 Å². The maximum Gasteiger partial charge on any atom is 0.0852 e. The third-order valence-electron chi connectivity index (χ3n) is 5.16. The number of benzene rings is 1. The zero-order valence-electron chi connectivity index (χ0n) is 14.7. The summed E-state index contributed by atoms with van der Waals surface area (Å²) in [6, 6.07) is 9.24. The summed E-state index contributed by atoms with van der Waals surface area (Å²) in [4.78, 5) is 2.50. The molecule has 1 aliphatic rings. The highest BCUT2D eigenvalue weighted by Gasteiger charge is 2.33. The Morgan fingerprint density at radius 3 is 2.36 bits per heavy atom. The zero-order chi connectivity index (χ0) is 15.8. The Morgan fingerprint density at radius 1 is 1.00 bits per heavy atom. The molecule has 1 aliphatic heterocycles. The summed E-state index contributed by atoms with van der Waals surface area (Å²) >= 11 is 0. The molecule has 1 aromatic carbocycles. The van der Waals surface area contributed by atoms with Crippen LogP contribution in [0.1, 0.15) is 64.9 Å². The number of hydrogen-bond donors (Lipinski definition) is 0. The second-order valence-corrected chi connectivity index (χ2v) is 6.64. The number of anilines is 1. The Bertz CT molecular complexity index is 422. The van der Waals surface area contributed by atoms with Crippen LogP contribution in [-0.2, 0) is 11.2 Å². The number of unbranched alkanes of at least 4 members (excludes halogenated alkanes) is 3. The smallest absolute Gasteiger partial charge is 0.0852 e. The lowest BCUT2D eigenvalue weighted by molar-refractivity contribution is -0.0605. The molecule has 0 aromatic heterocycles. The SMILES string of the molecule is CCCCCCc1ccc(N2CCOC(CC)(CC)C2)cc1. The molecule has 1 fully saturated rings. The Morgan fingerprint density at radius 2 is 1.73 bits per heavy atom. The normalized spacial score (nSPS) is 17.7. The van der Waals surface area contributed by atoms with E-state index < -0.39 is 0 Å². The lowest BCUT2D eigenvalue weighted by Gasteiger charge is -2.43. The average molecular weight is 303 g/mol. The second-order valence-electron chi connectivity index (χ2n) is 6.64. The molecule has 2 heteroatoms. The van der Waals surface area contributed by atoms with Gasteiger partial charge in [0, 0.05) is 18.8 Å². The van der Waals surface area contributed by atoms with E-state index in [9.17, 15) is 0 Å². The molecular formula is C20H33NO. The van der Waals surface area contributed by atoms with E-state index in [0.717, 1.165) is 32.5 Å². The van der Waals surface area contributed by atoms with Crippen molar-refractivity contribution in [3.8, 4) is 0 Å². The molecule has 0 N–H and O–H groups in total. The number of morpholine rings is 1. The largest absolute Gasteiger partial charge is 0.371 e. The van der Waals surface area contributed by atoms with Gasteiger partial charge in [-0.15, -0.1) is 0 Å². The number of aryl methyl sites for hydroxylation is 1. The molecule has 1 aromatic rings. The molecular weight excluding hydrogens is 270 g/mol. The molecule has 2 nitrogen and oxygen atoms in total. The number of ether oxygens (including phenoxy) is 1. The van der Waals surface area contributed by atoms with Gasteiger partial charge in [0.05, 0.1) is 12.2 Å². The van der Waals surface area contributed by atoms with Crippen LogP contribution >= 0.6 is 0 Å². The van der Waals surface area contributed by atoms with Crippen LogP contribution in [0.3, 0.4) is 0 Å². The second kappa shape index (κ2) is 8.57. The van der Waals surface area contributed by atoms with Crippen molar-refractivity contribution in [1.82, 2.24) is 0 Å². The minimum atomic E-state index is 0.0527. The number of hydrogen-bond acceptors (Lipinski definition) is 2. The van der Waals surface area contributed by atoms with Gasteiger partial charge in [-0.2, -0.15) is 0 Å². The van der Waals surface area contributed by atoms with E-state index in [0.29, 0.717) is 0 Å². The van der Waals surface area contributed by atoms with Crippen LogP contribution in [0.25, 0.3) is 0 Å². The fourth-order valence-corrected chi connectivity index (χ4v) is 3.37. The van der Waals surface area contributed by atoms with Gasteiger partial charge in [-0.3, -0.25) is 0 Å². The van der Waals surface area contributed by atoms with Gasteiger partial charge in [-0.1, -0.05) is 52.2 Å². The van der Waals surface area contributed by atoms with Crippen molar-refractivity contribution in [2.45, 2.75) is 71.3 Å². The predicted molar refractivity (Wildman–Crippen MR) is 95.8 cm³/mol. The van der Waals surface area contributed by atoms with E-state index in [4.69, 9.17) is 4.74 Å². The molecule has 2 rings (SSSR count). The third kappa shape index (κ3) is 4.49. The number of nitrogens with zero attached hydrogens (tertiary/aromatic N) is 1. The fraction of sp³-hybridized carbons (Fsp3) is 0.700. The summed E-state index contributed by atoms with van der Waals surface area (Å²) in [7, 11) is 0. The Labute approximate surface area is 136 Å². The molecule has 1 heterocycles. The quantitative estimate of drug-likeness (QED) is 0.612. The van der Waals surface area contributed by atoms with Crippen LogP contribution in [-0.4, -0.2) is 25.3 Å². The molecule has 0 atom stereocenters. The summed E-state index contributed by atoms with van der Waals surface area (Å²) in [6.45, 7) is 9.64. The van der Waals surface area contributed by atoms with Gasteiger partial charge in [0.25, 0.3) is 0 Å². The van der Waals surface area contributed by atoms with Crippen LogP contribution in [0.15, 0.2) is 24.3 Å². The van der Waals surface area contributed by atoms with Crippen LogP contribution < -0.4 is 4.90 Å². The van der Waals surface area contributed by atoms with Gasteiger partial charge in [0.2, 0.25) is 0 Å². The first-order valence-corrected chi connectivity index (χ1v) is 9.21. The minimum absolute atomic E-state index is 0.0527. The van der Waals surface area contributed by atoms with Gasteiger partial charge >= 0.3 is 0 Å². The molecule has 0 radical (unpaired) electrons. The van der Waals surface area contributed by atoms with E-state index in [-0.39, 0.29) is 5.60 Å². The fourth-order valence-electron chi connectivity index (χ4n) is 3.37. The number of rotatable bonds is 8. The van der Waals surface area contributed by atoms with Crippen molar-refractivity contribution in [3.05, 3.63) is 29.8 Å². The molecule has 124 valence electrons. The highest BCUT2D eigenvalue weighted by molar-refractivity contribution is 5.48. The molecule has 0 spiro atoms. The van der Waals surface area contributed by atoms with Crippen molar-refractivity contribution in [1.29, 1.82) is 0 Å². The van der Waals surface area contributed by atoms with Crippen molar-refractivity contribution in [2.24, 2.45) is 0 Å². The zero-order valence-corrected chi connectivity index (χ0v) is 14.7. The van der Waals surface area contributed by atoms with Gasteiger partial charge in [-0.05, 0) is 43.4 Å². The summed E-state index contributed by atoms with van der Waals surface area (Å²) < 4.78 is 6.07. The van der Waals surface area contributed by atoms with Gasteiger partial charge in [-0.25, -0.2) is 0 Å². The standard InChI is InChI=1S/C20H33NO/c1-4-7-8-9-10-18-11-13-19(14-12-18)21-15-16-22-20(5-2,6-3)17-21/h11-14H,4-10,15-17H2,1-3H3. The van der Waals surface area contributed by atoms with E-state index >= 15 is 0 Å². The van der Waals surface area contributed by atoms with E-state index in [1.165, 1.54) is 43.4 Å². The summed E-state index contributed by atoms with van der Waals surface area (Å²) in [5, 5.41) is 0. The first kappa shape index (κ1) is 17.3. The van der Waals surface area contributed by atoms with Crippen molar-refractivity contribution < 1.29 is 4.74 Å². The lowest BCUT2D eigenvalue weighted by atomic mass is 9.94. The Kier molecular flexibility index (Phi) is 6.75.